The van der Waals surface area contributed by atoms with Crippen molar-refractivity contribution in [3.8, 4) is 6.07 Å². The number of carbonyl (C=O) groups is 1. The molecular weight excluding hydrogens is 423 g/mol. The Hall–Kier alpha value is -2.39. The van der Waals surface area contributed by atoms with E-state index in [4.69, 9.17) is 4.74 Å². The van der Waals surface area contributed by atoms with E-state index in [9.17, 15) is 14.4 Å². The summed E-state index contributed by atoms with van der Waals surface area (Å²) in [6.45, 7) is 4.26. The zero-order chi connectivity index (χ0) is 20.3. The van der Waals surface area contributed by atoms with Gasteiger partial charge in [-0.3, -0.25) is 0 Å². The quantitative estimate of drug-likeness (QED) is 0.573. The maximum Gasteiger partial charge on any atom is 0.411 e. The summed E-state index contributed by atoms with van der Waals surface area (Å²) in [6.07, 6.45) is 0.495. The summed E-state index contributed by atoms with van der Waals surface area (Å²) in [5, 5.41) is 9.28. The van der Waals surface area contributed by atoms with Gasteiger partial charge in [-0.15, -0.1) is 0 Å². The lowest BCUT2D eigenvalue weighted by atomic mass is 9.81. The molecule has 2 aromatic carbocycles. The second-order valence-electron chi connectivity index (χ2n) is 7.27. The molecule has 1 unspecified atom stereocenters. The summed E-state index contributed by atoms with van der Waals surface area (Å²) in [6, 6.07) is 15.9. The van der Waals surface area contributed by atoms with Crippen molar-refractivity contribution in [1.82, 2.24) is 4.90 Å². The highest BCUT2D eigenvalue weighted by Crippen LogP contribution is 2.41. The molecule has 3 rings (SSSR count). The average molecular weight is 445 g/mol. The number of nitriles is 1. The molecule has 0 saturated carbocycles. The van der Waals surface area contributed by atoms with Crippen LogP contribution >= 0.6 is 15.9 Å². The number of halogens is 2. The smallest absolute Gasteiger partial charge is 0.411 e. The Kier molecular flexibility index (Phi) is 6.04. The van der Waals surface area contributed by atoms with Crippen molar-refractivity contribution < 1.29 is 13.9 Å². The van der Waals surface area contributed by atoms with Crippen LogP contribution in [0.3, 0.4) is 0 Å². The van der Waals surface area contributed by atoms with Crippen LogP contribution in [0, 0.1) is 23.1 Å². The van der Waals surface area contributed by atoms with E-state index in [1.165, 1.54) is 12.1 Å². The van der Waals surface area contributed by atoms with Crippen LogP contribution in [0.25, 0.3) is 0 Å². The van der Waals surface area contributed by atoms with E-state index in [2.05, 4.69) is 22.0 Å². The van der Waals surface area contributed by atoms with Crippen LogP contribution in [0.5, 0.6) is 0 Å². The summed E-state index contributed by atoms with van der Waals surface area (Å²) in [4.78, 5) is 14.6. The lowest BCUT2D eigenvalue weighted by Gasteiger charge is -2.44. The van der Waals surface area contributed by atoms with Crippen LogP contribution in [-0.4, -0.2) is 17.5 Å². The summed E-state index contributed by atoms with van der Waals surface area (Å²) in [7, 11) is 0. The Morgan fingerprint density at radius 3 is 2.43 bits per heavy atom. The average Bonchev–Trinajstić information content (AvgIpc) is 2.68. The number of rotatable bonds is 5. The maximum atomic E-state index is 13.4. The number of nitrogens with zero attached hydrogens (tertiary/aromatic N) is 2. The minimum atomic E-state index is -0.921. The predicted octanol–water partition coefficient (Wildman–Crippen LogP) is 5.94. The van der Waals surface area contributed by atoms with Gasteiger partial charge in [0.1, 0.15) is 11.4 Å². The third-order valence-electron chi connectivity index (χ3n) is 5.32. The van der Waals surface area contributed by atoms with Gasteiger partial charge in [0.25, 0.3) is 0 Å². The number of benzene rings is 2. The molecule has 146 valence electrons. The first-order valence-corrected chi connectivity index (χ1v) is 10.0. The van der Waals surface area contributed by atoms with E-state index < -0.39 is 11.7 Å². The van der Waals surface area contributed by atoms with Gasteiger partial charge in [0.15, 0.2) is 0 Å². The highest BCUT2D eigenvalue weighted by Gasteiger charge is 2.44. The van der Waals surface area contributed by atoms with Crippen molar-refractivity contribution in [1.29, 1.82) is 5.26 Å². The van der Waals surface area contributed by atoms with Gasteiger partial charge in [-0.05, 0) is 49.2 Å². The monoisotopic (exact) mass is 444 g/mol. The van der Waals surface area contributed by atoms with Crippen LogP contribution in [0.15, 0.2) is 53.0 Å². The second kappa shape index (κ2) is 8.32. The largest absolute Gasteiger partial charge is 0.438 e. The SMILES string of the molecule is CC(C#N)C[C@@]1(c2ccc(F)cc2)CCN([C@@H](C)c2ccc(Br)cc2)C(=O)O1. The lowest BCUT2D eigenvalue weighted by molar-refractivity contribution is -0.0697. The number of cyclic esters (lactones) is 1. The molecule has 1 heterocycles. The minimum absolute atomic E-state index is 0.139. The van der Waals surface area contributed by atoms with Crippen molar-refractivity contribution in [2.75, 3.05) is 6.54 Å². The van der Waals surface area contributed by atoms with E-state index in [1.807, 2.05) is 31.2 Å². The first kappa shape index (κ1) is 20.3. The van der Waals surface area contributed by atoms with E-state index in [1.54, 1.807) is 24.0 Å². The molecule has 0 aromatic heterocycles. The molecule has 6 heteroatoms. The molecule has 1 fully saturated rings. The van der Waals surface area contributed by atoms with E-state index in [0.717, 1.165) is 15.6 Å². The van der Waals surface area contributed by atoms with Crippen molar-refractivity contribution >= 4 is 22.0 Å². The molecule has 28 heavy (non-hydrogen) atoms. The van der Waals surface area contributed by atoms with Crippen LogP contribution in [0.1, 0.15) is 43.9 Å². The Balaban J connectivity index is 1.86. The molecule has 0 N–H and O–H groups in total. The van der Waals surface area contributed by atoms with Crippen molar-refractivity contribution in [2.45, 2.75) is 38.3 Å². The third kappa shape index (κ3) is 4.20. The Morgan fingerprint density at radius 2 is 1.86 bits per heavy atom. The number of hydrogen-bond donors (Lipinski definition) is 0. The molecule has 0 aliphatic carbocycles. The topological polar surface area (TPSA) is 53.3 Å². The van der Waals surface area contributed by atoms with Gasteiger partial charge in [0, 0.05) is 29.8 Å². The standard InChI is InChI=1S/C22H22BrFN2O2/c1-15(14-25)13-22(18-5-9-20(24)10-6-18)11-12-26(21(27)28-22)16(2)17-3-7-19(23)8-4-17/h3-10,15-16H,11-13H2,1-2H3/t15?,16-,22+/m0/s1. The van der Waals surface area contributed by atoms with E-state index >= 15 is 0 Å². The zero-order valence-electron chi connectivity index (χ0n) is 15.9. The molecule has 2 aromatic rings. The van der Waals surface area contributed by atoms with Gasteiger partial charge >= 0.3 is 6.09 Å². The first-order chi connectivity index (χ1) is 13.3. The lowest BCUT2D eigenvalue weighted by Crippen LogP contribution is -2.49. The predicted molar refractivity (Wildman–Crippen MR) is 108 cm³/mol. The van der Waals surface area contributed by atoms with Gasteiger partial charge in [-0.2, -0.15) is 5.26 Å². The molecule has 1 saturated heterocycles. The molecule has 3 atom stereocenters. The Bertz CT molecular complexity index is 879. The number of ether oxygens (including phenoxy) is 1. The summed E-state index contributed by atoms with van der Waals surface area (Å²) >= 11 is 3.42. The van der Waals surface area contributed by atoms with Crippen LogP contribution in [0.2, 0.25) is 0 Å². The fourth-order valence-corrected chi connectivity index (χ4v) is 3.97. The normalized spacial score (nSPS) is 21.5. The van der Waals surface area contributed by atoms with E-state index in [-0.39, 0.29) is 17.8 Å². The van der Waals surface area contributed by atoms with E-state index in [0.29, 0.717) is 19.4 Å². The van der Waals surface area contributed by atoms with Crippen molar-refractivity contribution in [3.63, 3.8) is 0 Å². The molecular formula is C22H22BrFN2O2. The molecule has 1 aliphatic rings. The number of carbonyl (C=O) groups excluding carboxylic acids is 1. The van der Waals surface area contributed by atoms with Crippen molar-refractivity contribution in [3.05, 3.63) is 69.9 Å². The highest BCUT2D eigenvalue weighted by molar-refractivity contribution is 9.10. The number of hydrogen-bond acceptors (Lipinski definition) is 3. The van der Waals surface area contributed by atoms with Crippen molar-refractivity contribution in [2.24, 2.45) is 5.92 Å². The van der Waals surface area contributed by atoms with Gasteiger partial charge < -0.3 is 9.64 Å². The first-order valence-electron chi connectivity index (χ1n) is 9.25. The summed E-state index contributed by atoms with van der Waals surface area (Å²) in [5.74, 6) is -0.645. The van der Waals surface area contributed by atoms with Crippen LogP contribution < -0.4 is 0 Å². The van der Waals surface area contributed by atoms with Gasteiger partial charge in [-0.1, -0.05) is 40.2 Å². The molecule has 4 nitrogen and oxygen atoms in total. The fraction of sp³-hybridized carbons (Fsp3) is 0.364. The summed E-state index contributed by atoms with van der Waals surface area (Å²) < 4.78 is 20.3. The number of amides is 1. The Morgan fingerprint density at radius 1 is 1.21 bits per heavy atom. The Labute approximate surface area is 173 Å². The van der Waals surface area contributed by atoms with Crippen LogP contribution in [-0.2, 0) is 10.3 Å². The second-order valence-corrected chi connectivity index (χ2v) is 8.19. The van der Waals surface area contributed by atoms with Gasteiger partial charge in [0.2, 0.25) is 0 Å². The molecule has 0 radical (unpaired) electrons. The molecule has 0 bridgehead atoms. The molecule has 1 aliphatic heterocycles. The molecule has 0 spiro atoms. The van der Waals surface area contributed by atoms with Gasteiger partial charge in [0.05, 0.1) is 12.1 Å². The zero-order valence-corrected chi connectivity index (χ0v) is 17.4. The minimum Gasteiger partial charge on any atom is -0.438 e. The fourth-order valence-electron chi connectivity index (χ4n) is 3.70. The summed E-state index contributed by atoms with van der Waals surface area (Å²) in [5.41, 5.74) is 0.815. The third-order valence-corrected chi connectivity index (χ3v) is 5.85. The van der Waals surface area contributed by atoms with Gasteiger partial charge in [-0.25, -0.2) is 9.18 Å². The molecule has 1 amide bonds. The maximum absolute atomic E-state index is 13.4. The van der Waals surface area contributed by atoms with Crippen LogP contribution in [0.4, 0.5) is 9.18 Å². The highest BCUT2D eigenvalue weighted by atomic mass is 79.9.